The van der Waals surface area contributed by atoms with Crippen molar-refractivity contribution >= 4 is 17.5 Å². The SMILES string of the molecule is CCCCNc1nc(C)cc(C(=O)Nc2cc(OC)ccc2OC)n1. The zero-order valence-electron chi connectivity index (χ0n) is 15.0. The third-order valence-corrected chi connectivity index (χ3v) is 3.56. The van der Waals surface area contributed by atoms with Gasteiger partial charge in [0.1, 0.15) is 17.2 Å². The maximum absolute atomic E-state index is 12.6. The predicted molar refractivity (Wildman–Crippen MR) is 97.7 cm³/mol. The molecule has 0 unspecified atom stereocenters. The van der Waals surface area contributed by atoms with E-state index >= 15 is 0 Å². The van der Waals surface area contributed by atoms with Gasteiger partial charge in [-0.3, -0.25) is 4.79 Å². The lowest BCUT2D eigenvalue weighted by atomic mass is 10.2. The van der Waals surface area contributed by atoms with E-state index in [2.05, 4.69) is 27.5 Å². The van der Waals surface area contributed by atoms with E-state index in [1.165, 1.54) is 0 Å². The predicted octanol–water partition coefficient (Wildman–Crippen LogP) is 3.27. The Kier molecular flexibility index (Phi) is 6.56. The number of ether oxygens (including phenoxy) is 2. The van der Waals surface area contributed by atoms with Crippen molar-refractivity contribution in [1.82, 2.24) is 9.97 Å². The molecule has 7 nitrogen and oxygen atoms in total. The zero-order chi connectivity index (χ0) is 18.2. The van der Waals surface area contributed by atoms with Gasteiger partial charge in [-0.25, -0.2) is 9.97 Å². The van der Waals surface area contributed by atoms with Crippen LogP contribution in [-0.2, 0) is 0 Å². The maximum atomic E-state index is 12.6. The van der Waals surface area contributed by atoms with Gasteiger partial charge < -0.3 is 20.1 Å². The van der Waals surface area contributed by atoms with Crippen molar-refractivity contribution in [2.45, 2.75) is 26.7 Å². The van der Waals surface area contributed by atoms with Gasteiger partial charge in [-0.15, -0.1) is 0 Å². The van der Waals surface area contributed by atoms with Gasteiger partial charge in [-0.05, 0) is 31.5 Å². The average Bonchev–Trinajstić information content (AvgIpc) is 2.61. The quantitative estimate of drug-likeness (QED) is 0.715. The third kappa shape index (κ3) is 5.07. The zero-order valence-corrected chi connectivity index (χ0v) is 15.0. The van der Waals surface area contributed by atoms with Crippen LogP contribution in [0.1, 0.15) is 35.9 Å². The Morgan fingerprint density at radius 3 is 2.64 bits per heavy atom. The number of nitrogens with zero attached hydrogens (tertiary/aromatic N) is 2. The van der Waals surface area contributed by atoms with Gasteiger partial charge in [0.15, 0.2) is 0 Å². The molecule has 0 radical (unpaired) electrons. The van der Waals surface area contributed by atoms with E-state index in [1.807, 2.05) is 6.92 Å². The molecule has 2 rings (SSSR count). The molecule has 0 atom stereocenters. The highest BCUT2D eigenvalue weighted by molar-refractivity contribution is 6.04. The first-order valence-electron chi connectivity index (χ1n) is 8.20. The van der Waals surface area contributed by atoms with E-state index in [-0.39, 0.29) is 11.6 Å². The molecule has 7 heteroatoms. The molecule has 0 fully saturated rings. The van der Waals surface area contributed by atoms with Crippen LogP contribution in [0.5, 0.6) is 11.5 Å². The summed E-state index contributed by atoms with van der Waals surface area (Å²) in [5, 5.41) is 5.95. The van der Waals surface area contributed by atoms with E-state index < -0.39 is 0 Å². The molecule has 134 valence electrons. The molecular weight excluding hydrogens is 320 g/mol. The summed E-state index contributed by atoms with van der Waals surface area (Å²) in [6.07, 6.45) is 2.08. The smallest absolute Gasteiger partial charge is 0.274 e. The Hall–Kier alpha value is -2.83. The third-order valence-electron chi connectivity index (χ3n) is 3.56. The summed E-state index contributed by atoms with van der Waals surface area (Å²) in [6, 6.07) is 6.84. The Balaban J connectivity index is 2.20. The minimum Gasteiger partial charge on any atom is -0.497 e. The molecule has 0 spiro atoms. The summed E-state index contributed by atoms with van der Waals surface area (Å²) < 4.78 is 10.5. The number of carbonyl (C=O) groups excluding carboxylic acids is 1. The molecule has 1 amide bonds. The number of nitrogens with one attached hydrogen (secondary N) is 2. The number of anilines is 2. The molecule has 0 saturated carbocycles. The molecule has 0 aliphatic heterocycles. The lowest BCUT2D eigenvalue weighted by molar-refractivity contribution is 0.102. The summed E-state index contributed by atoms with van der Waals surface area (Å²) in [4.78, 5) is 21.2. The van der Waals surface area contributed by atoms with Crippen molar-refractivity contribution in [2.24, 2.45) is 0 Å². The van der Waals surface area contributed by atoms with Gasteiger partial charge in [0, 0.05) is 18.3 Å². The van der Waals surface area contributed by atoms with Gasteiger partial charge in [-0.2, -0.15) is 0 Å². The van der Waals surface area contributed by atoms with Crippen molar-refractivity contribution in [3.63, 3.8) is 0 Å². The lowest BCUT2D eigenvalue weighted by Gasteiger charge is -2.12. The van der Waals surface area contributed by atoms with E-state index in [0.717, 1.165) is 25.1 Å². The number of aromatic nitrogens is 2. The molecule has 1 heterocycles. The number of hydrogen-bond acceptors (Lipinski definition) is 6. The van der Waals surface area contributed by atoms with Gasteiger partial charge in [0.05, 0.1) is 19.9 Å². The fourth-order valence-electron chi connectivity index (χ4n) is 2.24. The Morgan fingerprint density at radius 2 is 1.96 bits per heavy atom. The highest BCUT2D eigenvalue weighted by Crippen LogP contribution is 2.29. The Labute approximate surface area is 147 Å². The molecule has 0 aliphatic carbocycles. The second kappa shape index (κ2) is 8.86. The van der Waals surface area contributed by atoms with Crippen molar-refractivity contribution < 1.29 is 14.3 Å². The molecule has 0 aliphatic rings. The van der Waals surface area contributed by atoms with E-state index in [9.17, 15) is 4.79 Å². The van der Waals surface area contributed by atoms with Gasteiger partial charge in [0.25, 0.3) is 5.91 Å². The normalized spacial score (nSPS) is 10.2. The molecule has 2 N–H and O–H groups in total. The van der Waals surface area contributed by atoms with Crippen LogP contribution in [0.3, 0.4) is 0 Å². The number of amides is 1. The summed E-state index contributed by atoms with van der Waals surface area (Å²) in [7, 11) is 3.11. The van der Waals surface area contributed by atoms with Crippen LogP contribution in [0.4, 0.5) is 11.6 Å². The Morgan fingerprint density at radius 1 is 1.16 bits per heavy atom. The van der Waals surface area contributed by atoms with Crippen molar-refractivity contribution in [1.29, 1.82) is 0 Å². The number of rotatable bonds is 8. The standard InChI is InChI=1S/C18H24N4O3/c1-5-6-9-19-18-20-12(2)10-15(22-18)17(23)21-14-11-13(24-3)7-8-16(14)25-4/h7-8,10-11H,5-6,9H2,1-4H3,(H,21,23)(H,19,20,22). The first kappa shape index (κ1) is 18.5. The van der Waals surface area contributed by atoms with Gasteiger partial charge in [0.2, 0.25) is 5.95 Å². The molecule has 0 saturated heterocycles. The molecule has 25 heavy (non-hydrogen) atoms. The maximum Gasteiger partial charge on any atom is 0.274 e. The number of unbranched alkanes of at least 4 members (excludes halogenated alkanes) is 1. The highest BCUT2D eigenvalue weighted by atomic mass is 16.5. The first-order valence-corrected chi connectivity index (χ1v) is 8.20. The van der Waals surface area contributed by atoms with Crippen molar-refractivity contribution in [2.75, 3.05) is 31.4 Å². The number of hydrogen-bond donors (Lipinski definition) is 2. The lowest BCUT2D eigenvalue weighted by Crippen LogP contribution is -2.17. The largest absolute Gasteiger partial charge is 0.497 e. The van der Waals surface area contributed by atoms with E-state index in [1.54, 1.807) is 38.5 Å². The van der Waals surface area contributed by atoms with E-state index in [0.29, 0.717) is 23.1 Å². The monoisotopic (exact) mass is 344 g/mol. The average molecular weight is 344 g/mol. The number of aryl methyl sites for hydroxylation is 1. The Bertz CT molecular complexity index is 734. The second-order valence-corrected chi connectivity index (χ2v) is 5.52. The summed E-state index contributed by atoms with van der Waals surface area (Å²) in [6.45, 7) is 4.71. The molecule has 0 bridgehead atoms. The number of methoxy groups -OCH3 is 2. The number of benzene rings is 1. The van der Waals surface area contributed by atoms with E-state index in [4.69, 9.17) is 9.47 Å². The topological polar surface area (TPSA) is 85.4 Å². The van der Waals surface area contributed by atoms with Crippen molar-refractivity contribution in [3.8, 4) is 11.5 Å². The highest BCUT2D eigenvalue weighted by Gasteiger charge is 2.14. The fourth-order valence-corrected chi connectivity index (χ4v) is 2.24. The van der Waals surface area contributed by atoms with Crippen LogP contribution in [0, 0.1) is 6.92 Å². The summed E-state index contributed by atoms with van der Waals surface area (Å²) in [5.41, 5.74) is 1.52. The molecule has 1 aromatic carbocycles. The summed E-state index contributed by atoms with van der Waals surface area (Å²) in [5.74, 6) is 1.28. The molecule has 2 aromatic rings. The fraction of sp³-hybridized carbons (Fsp3) is 0.389. The summed E-state index contributed by atoms with van der Waals surface area (Å²) >= 11 is 0. The van der Waals surface area contributed by atoms with Crippen LogP contribution >= 0.6 is 0 Å². The van der Waals surface area contributed by atoms with Crippen LogP contribution in [0.25, 0.3) is 0 Å². The minimum atomic E-state index is -0.337. The number of carbonyl (C=O) groups is 1. The van der Waals surface area contributed by atoms with Gasteiger partial charge >= 0.3 is 0 Å². The first-order chi connectivity index (χ1) is 12.1. The van der Waals surface area contributed by atoms with Crippen LogP contribution in [0.2, 0.25) is 0 Å². The van der Waals surface area contributed by atoms with Gasteiger partial charge in [-0.1, -0.05) is 13.3 Å². The molecular formula is C18H24N4O3. The minimum absolute atomic E-state index is 0.288. The molecule has 1 aromatic heterocycles. The van der Waals surface area contributed by atoms with Crippen LogP contribution < -0.4 is 20.1 Å². The van der Waals surface area contributed by atoms with Crippen LogP contribution in [0.15, 0.2) is 24.3 Å². The van der Waals surface area contributed by atoms with Crippen LogP contribution in [-0.4, -0.2) is 36.6 Å². The second-order valence-electron chi connectivity index (χ2n) is 5.52. The van der Waals surface area contributed by atoms with Crippen molar-refractivity contribution in [3.05, 3.63) is 35.7 Å².